The van der Waals surface area contributed by atoms with E-state index in [-0.39, 0.29) is 33.2 Å². The minimum absolute atomic E-state index is 0.00743. The summed E-state index contributed by atoms with van der Waals surface area (Å²) in [6, 6.07) is 0.452. The number of halogens is 1. The lowest BCUT2D eigenvalue weighted by molar-refractivity contribution is -0.691. The van der Waals surface area contributed by atoms with Crippen LogP contribution in [0.4, 0.5) is 10.9 Å². The molecule has 0 spiro atoms. The predicted octanol–water partition coefficient (Wildman–Crippen LogP) is -0.724. The highest BCUT2D eigenvalue weighted by atomic mass is 35.5. The summed E-state index contributed by atoms with van der Waals surface area (Å²) >= 11 is 8.22. The Kier molecular flexibility index (Phi) is 7.70. The molecule has 0 radical (unpaired) electrons. The molecule has 0 aromatic carbocycles. The maximum atomic E-state index is 13.1. The van der Waals surface area contributed by atoms with Crippen molar-refractivity contribution in [1.29, 1.82) is 0 Å². The number of carbonyl (C=O) groups excluding carboxylic acids is 2. The molecule has 0 saturated carbocycles. The highest BCUT2D eigenvalue weighted by Gasteiger charge is 2.54. The van der Waals surface area contributed by atoms with Gasteiger partial charge in [-0.25, -0.2) is 19.1 Å². The molecule has 2 aromatic heterocycles. The summed E-state index contributed by atoms with van der Waals surface area (Å²) in [6.07, 6.45) is 1.68. The highest BCUT2D eigenvalue weighted by molar-refractivity contribution is 8.00. The molecule has 7 N–H and O–H groups in total. The SMILES string of the molecule is C[C@H](O/N=C(\C(=O)N[C@@H]1C(=O)N2C(C(=O)O)=C(C[n+]3ccc(N)nc3)CS[C@H]12)c1nc(N)sc1Cl)C(=O)O. The van der Waals surface area contributed by atoms with Gasteiger partial charge in [0.25, 0.3) is 18.1 Å². The van der Waals surface area contributed by atoms with E-state index in [1.165, 1.54) is 25.0 Å². The van der Waals surface area contributed by atoms with Crippen LogP contribution in [0.25, 0.3) is 0 Å². The summed E-state index contributed by atoms with van der Waals surface area (Å²) in [4.78, 5) is 63.3. The number of hydrogen-bond donors (Lipinski definition) is 5. The fourth-order valence-electron chi connectivity index (χ4n) is 3.56. The maximum absolute atomic E-state index is 13.1. The van der Waals surface area contributed by atoms with Crippen LogP contribution in [0, 0.1) is 0 Å². The van der Waals surface area contributed by atoms with E-state index in [1.54, 1.807) is 16.8 Å². The molecular formula is C20H20ClN8O7S2+. The van der Waals surface area contributed by atoms with Gasteiger partial charge >= 0.3 is 11.9 Å². The smallest absolute Gasteiger partial charge is 0.352 e. The van der Waals surface area contributed by atoms with Crippen LogP contribution in [0.5, 0.6) is 0 Å². The fraction of sp³-hybridized carbons (Fsp3) is 0.300. The average Bonchev–Trinajstić information content (AvgIpc) is 3.20. The zero-order chi connectivity index (χ0) is 27.7. The van der Waals surface area contributed by atoms with Gasteiger partial charge in [0.05, 0.1) is 6.20 Å². The molecule has 1 saturated heterocycles. The summed E-state index contributed by atoms with van der Waals surface area (Å²) in [6.45, 7) is 1.36. The Morgan fingerprint density at radius 1 is 1.39 bits per heavy atom. The molecule has 2 aromatic rings. The van der Waals surface area contributed by atoms with E-state index in [4.69, 9.17) is 33.0 Å². The van der Waals surface area contributed by atoms with Crippen molar-refractivity contribution in [1.82, 2.24) is 20.2 Å². The van der Waals surface area contributed by atoms with Gasteiger partial charge in [-0.2, -0.15) is 0 Å². The van der Waals surface area contributed by atoms with Crippen molar-refractivity contribution in [3.05, 3.63) is 39.9 Å². The molecule has 0 unspecified atom stereocenters. The van der Waals surface area contributed by atoms with Crippen LogP contribution in [0.2, 0.25) is 4.34 Å². The number of fused-ring (bicyclic) bond motifs is 1. The van der Waals surface area contributed by atoms with Crippen LogP contribution in [0.3, 0.4) is 0 Å². The summed E-state index contributed by atoms with van der Waals surface area (Å²) in [7, 11) is 0. The number of carboxylic acid groups (broad SMARTS) is 2. The number of oxime groups is 1. The van der Waals surface area contributed by atoms with Crippen molar-refractivity contribution in [2.45, 2.75) is 31.0 Å². The van der Waals surface area contributed by atoms with Gasteiger partial charge < -0.3 is 31.8 Å². The molecule has 4 rings (SSSR count). The van der Waals surface area contributed by atoms with Crippen molar-refractivity contribution >= 4 is 75.1 Å². The number of aliphatic carboxylic acids is 2. The van der Waals surface area contributed by atoms with E-state index < -0.39 is 47.0 Å². The van der Waals surface area contributed by atoms with E-state index in [1.807, 2.05) is 0 Å². The third kappa shape index (κ3) is 5.34. The van der Waals surface area contributed by atoms with E-state index in [0.717, 1.165) is 16.2 Å². The summed E-state index contributed by atoms with van der Waals surface area (Å²) in [5, 5.41) is 24.3. The number of β-lactam (4-membered cyclic amide) rings is 1. The largest absolute Gasteiger partial charge is 0.478 e. The highest BCUT2D eigenvalue weighted by Crippen LogP contribution is 2.40. The Labute approximate surface area is 227 Å². The first-order valence-corrected chi connectivity index (χ1v) is 12.9. The zero-order valence-corrected chi connectivity index (χ0v) is 21.8. The number of amides is 2. The molecular weight excluding hydrogens is 564 g/mol. The molecule has 15 nitrogen and oxygen atoms in total. The molecule has 2 amide bonds. The van der Waals surface area contributed by atoms with Gasteiger partial charge in [-0.3, -0.25) is 14.5 Å². The Balaban J connectivity index is 1.56. The number of thioether (sulfide) groups is 1. The molecule has 38 heavy (non-hydrogen) atoms. The van der Waals surface area contributed by atoms with Gasteiger partial charge in [-0.15, -0.1) is 11.8 Å². The van der Waals surface area contributed by atoms with Crippen molar-refractivity contribution < 1.29 is 38.8 Å². The fourth-order valence-corrected chi connectivity index (χ4v) is 5.82. The molecule has 200 valence electrons. The van der Waals surface area contributed by atoms with Gasteiger partial charge in [-0.05, 0) is 11.9 Å². The number of nitrogens with zero attached hydrogens (tertiary/aromatic N) is 5. The second-order valence-corrected chi connectivity index (χ2v) is 10.7. The number of carbonyl (C=O) groups is 4. The Morgan fingerprint density at radius 3 is 2.71 bits per heavy atom. The lowest BCUT2D eigenvalue weighted by atomic mass is 10.0. The van der Waals surface area contributed by atoms with Crippen LogP contribution in [-0.4, -0.2) is 77.8 Å². The Bertz CT molecular complexity index is 1380. The van der Waals surface area contributed by atoms with Crippen molar-refractivity contribution in [3.8, 4) is 0 Å². The van der Waals surface area contributed by atoms with E-state index >= 15 is 0 Å². The molecule has 0 bridgehead atoms. The molecule has 3 atom stereocenters. The van der Waals surface area contributed by atoms with Crippen LogP contribution < -0.4 is 21.4 Å². The predicted molar refractivity (Wildman–Crippen MR) is 135 cm³/mol. The first-order chi connectivity index (χ1) is 18.0. The second kappa shape index (κ2) is 10.8. The van der Waals surface area contributed by atoms with Crippen molar-refractivity contribution in [2.75, 3.05) is 17.2 Å². The van der Waals surface area contributed by atoms with Crippen molar-refractivity contribution in [3.63, 3.8) is 0 Å². The standard InChI is InChI=1S/C20H19ClN8O7S2/c1-7(18(32)33)36-27-11(10-14(21)38-20(23)26-10)15(30)25-12-16(31)29-13(19(34)35)8(5-37-17(12)29)4-28-3-2-9(22)24-6-28/h2-3,6-7,12,17,22H,4-5H2,1H3,(H5,23,25,26,30,32,33,34,35)/p+1/b27-11-/t7-,12+,17+/m0/s1. The number of hydrogen-bond acceptors (Lipinski definition) is 12. The summed E-state index contributed by atoms with van der Waals surface area (Å²) in [5.41, 5.74) is 10.9. The van der Waals surface area contributed by atoms with Crippen LogP contribution >= 0.6 is 34.7 Å². The van der Waals surface area contributed by atoms with Gasteiger partial charge in [0.2, 0.25) is 11.9 Å². The molecule has 2 aliphatic heterocycles. The van der Waals surface area contributed by atoms with Crippen molar-refractivity contribution in [2.24, 2.45) is 5.16 Å². The minimum Gasteiger partial charge on any atom is -0.478 e. The lowest BCUT2D eigenvalue weighted by Crippen LogP contribution is -2.71. The topological polar surface area (TPSA) is 227 Å². The minimum atomic E-state index is -1.40. The average molecular weight is 584 g/mol. The normalized spacial score (nSPS) is 19.9. The maximum Gasteiger partial charge on any atom is 0.352 e. The third-order valence-electron chi connectivity index (χ3n) is 5.39. The van der Waals surface area contributed by atoms with E-state index in [9.17, 15) is 24.3 Å². The zero-order valence-electron chi connectivity index (χ0n) is 19.4. The first-order valence-electron chi connectivity index (χ1n) is 10.7. The second-order valence-electron chi connectivity index (χ2n) is 7.98. The van der Waals surface area contributed by atoms with E-state index in [0.29, 0.717) is 11.4 Å². The quantitative estimate of drug-likeness (QED) is 0.107. The van der Waals surface area contributed by atoms with Crippen LogP contribution in [-0.2, 0) is 30.6 Å². The Morgan fingerprint density at radius 2 is 2.13 bits per heavy atom. The number of nitrogen functional groups attached to an aromatic ring is 2. The summed E-state index contributed by atoms with van der Waals surface area (Å²) in [5.74, 6) is -3.67. The number of carboxylic acids is 2. The van der Waals surface area contributed by atoms with Gasteiger partial charge in [0, 0.05) is 17.4 Å². The number of nitrogens with one attached hydrogen (secondary N) is 1. The number of anilines is 2. The first kappa shape index (κ1) is 27.1. The van der Waals surface area contributed by atoms with Gasteiger partial charge in [-0.1, -0.05) is 28.1 Å². The summed E-state index contributed by atoms with van der Waals surface area (Å²) < 4.78 is 1.62. The van der Waals surface area contributed by atoms with Gasteiger partial charge in [0.1, 0.15) is 33.7 Å². The lowest BCUT2D eigenvalue weighted by Gasteiger charge is -2.49. The third-order valence-corrected chi connectivity index (χ3v) is 7.82. The van der Waals surface area contributed by atoms with E-state index in [2.05, 4.69) is 20.4 Å². The molecule has 2 aliphatic rings. The van der Waals surface area contributed by atoms with Crippen LogP contribution in [0.1, 0.15) is 12.6 Å². The number of nitrogens with two attached hydrogens (primary N) is 2. The van der Waals surface area contributed by atoms with Gasteiger partial charge in [0.15, 0.2) is 10.8 Å². The number of rotatable bonds is 9. The molecule has 4 heterocycles. The monoisotopic (exact) mass is 583 g/mol. The molecule has 18 heteroatoms. The molecule has 1 fully saturated rings. The van der Waals surface area contributed by atoms with Crippen LogP contribution in [0.15, 0.2) is 35.0 Å². The number of aromatic nitrogens is 3. The number of thiazole rings is 1. The molecule has 0 aliphatic carbocycles. The Hall–Kier alpha value is -3.96.